The second-order valence-corrected chi connectivity index (χ2v) is 4.87. The van der Waals surface area contributed by atoms with Crippen LogP contribution in [0.4, 0.5) is 0 Å². The Balaban J connectivity index is 0.000000278. The summed E-state index contributed by atoms with van der Waals surface area (Å²) in [5.74, 6) is 1.12. The zero-order valence-corrected chi connectivity index (χ0v) is 12.4. The molecule has 0 bridgehead atoms. The van der Waals surface area contributed by atoms with E-state index in [-0.39, 0.29) is 6.10 Å². The first-order valence-electron chi connectivity index (χ1n) is 7.66. The minimum absolute atomic E-state index is 0.0206. The number of hydrogen-bond acceptors (Lipinski definition) is 2. The number of piperidine rings is 1. The van der Waals surface area contributed by atoms with Crippen LogP contribution in [0.1, 0.15) is 66.2 Å². The van der Waals surface area contributed by atoms with Gasteiger partial charge in [-0.1, -0.05) is 53.4 Å². The summed E-state index contributed by atoms with van der Waals surface area (Å²) in [6.07, 6.45) is 7.85. The maximum atomic E-state index is 9.10. The molecule has 0 spiro atoms. The van der Waals surface area contributed by atoms with Crippen molar-refractivity contribution in [3.63, 3.8) is 0 Å². The molecular weight excluding hydrogens is 210 g/mol. The fourth-order valence-corrected chi connectivity index (χ4v) is 2.14. The number of hydrogen-bond donors (Lipinski definition) is 1. The van der Waals surface area contributed by atoms with Crippen molar-refractivity contribution in [2.24, 2.45) is 5.92 Å². The Labute approximate surface area is 108 Å². The van der Waals surface area contributed by atoms with Gasteiger partial charge in [0, 0.05) is 13.1 Å². The predicted octanol–water partition coefficient (Wildman–Crippen LogP) is 3.69. The molecule has 0 aromatic rings. The van der Waals surface area contributed by atoms with E-state index in [0.29, 0.717) is 0 Å². The van der Waals surface area contributed by atoms with Gasteiger partial charge in [0.1, 0.15) is 0 Å². The molecule has 104 valence electrons. The normalized spacial score (nSPS) is 21.7. The van der Waals surface area contributed by atoms with Crippen molar-refractivity contribution >= 4 is 0 Å². The van der Waals surface area contributed by atoms with Gasteiger partial charge in [-0.2, -0.15) is 0 Å². The summed E-state index contributed by atoms with van der Waals surface area (Å²) >= 11 is 0. The van der Waals surface area contributed by atoms with Gasteiger partial charge in [-0.25, -0.2) is 0 Å². The summed E-state index contributed by atoms with van der Waals surface area (Å²) in [5, 5.41) is 9.10. The Morgan fingerprint density at radius 1 is 1.00 bits per heavy atom. The Hall–Kier alpha value is -0.0800. The molecular formula is C15H33NO. The third-order valence-electron chi connectivity index (χ3n) is 3.81. The SMILES string of the molecule is CC.CCC1CCC1.CCN1CCC(O)CC1. The summed E-state index contributed by atoms with van der Waals surface area (Å²) in [6.45, 7) is 11.7. The van der Waals surface area contributed by atoms with Gasteiger partial charge in [0.05, 0.1) is 6.10 Å². The molecule has 1 heterocycles. The first-order chi connectivity index (χ1) is 8.26. The van der Waals surface area contributed by atoms with Gasteiger partial charge in [0.25, 0.3) is 0 Å². The van der Waals surface area contributed by atoms with E-state index in [9.17, 15) is 0 Å². The van der Waals surface area contributed by atoms with Gasteiger partial charge in [-0.05, 0) is 25.3 Å². The van der Waals surface area contributed by atoms with Gasteiger partial charge in [0.2, 0.25) is 0 Å². The van der Waals surface area contributed by atoms with E-state index >= 15 is 0 Å². The highest BCUT2D eigenvalue weighted by molar-refractivity contribution is 4.69. The molecule has 0 aromatic heterocycles. The molecule has 0 amide bonds. The van der Waals surface area contributed by atoms with Crippen molar-refractivity contribution in [3.8, 4) is 0 Å². The van der Waals surface area contributed by atoms with Crippen molar-refractivity contribution in [2.75, 3.05) is 19.6 Å². The van der Waals surface area contributed by atoms with Crippen molar-refractivity contribution in [3.05, 3.63) is 0 Å². The number of aliphatic hydroxyl groups excluding tert-OH is 1. The first kappa shape index (κ1) is 16.9. The molecule has 2 fully saturated rings. The lowest BCUT2D eigenvalue weighted by Crippen LogP contribution is -2.35. The average Bonchev–Trinajstić information content (AvgIpc) is 2.32. The summed E-state index contributed by atoms with van der Waals surface area (Å²) in [6, 6.07) is 0. The van der Waals surface area contributed by atoms with Crippen LogP contribution in [0.15, 0.2) is 0 Å². The zero-order chi connectivity index (χ0) is 13.1. The van der Waals surface area contributed by atoms with Crippen molar-refractivity contribution in [1.82, 2.24) is 4.90 Å². The molecule has 2 aliphatic rings. The van der Waals surface area contributed by atoms with Crippen molar-refractivity contribution < 1.29 is 5.11 Å². The Morgan fingerprint density at radius 3 is 1.76 bits per heavy atom. The first-order valence-corrected chi connectivity index (χ1v) is 7.66. The summed E-state index contributed by atoms with van der Waals surface area (Å²) in [4.78, 5) is 2.37. The fraction of sp³-hybridized carbons (Fsp3) is 1.00. The van der Waals surface area contributed by atoms with Gasteiger partial charge < -0.3 is 10.0 Å². The Kier molecular flexibility index (Phi) is 11.0. The van der Waals surface area contributed by atoms with E-state index in [4.69, 9.17) is 5.11 Å². The molecule has 1 saturated carbocycles. The third-order valence-corrected chi connectivity index (χ3v) is 3.81. The monoisotopic (exact) mass is 243 g/mol. The van der Waals surface area contributed by atoms with E-state index in [1.54, 1.807) is 0 Å². The minimum Gasteiger partial charge on any atom is -0.393 e. The molecule has 1 aliphatic carbocycles. The average molecular weight is 243 g/mol. The highest BCUT2D eigenvalue weighted by atomic mass is 16.3. The van der Waals surface area contributed by atoms with Crippen molar-refractivity contribution in [1.29, 1.82) is 0 Å². The van der Waals surface area contributed by atoms with Crippen LogP contribution in [0, 0.1) is 5.92 Å². The van der Waals surface area contributed by atoms with E-state index in [2.05, 4.69) is 18.7 Å². The van der Waals surface area contributed by atoms with E-state index < -0.39 is 0 Å². The van der Waals surface area contributed by atoms with Crippen LogP contribution >= 0.6 is 0 Å². The van der Waals surface area contributed by atoms with Crippen LogP contribution in [0.3, 0.4) is 0 Å². The second kappa shape index (κ2) is 11.0. The quantitative estimate of drug-likeness (QED) is 0.799. The van der Waals surface area contributed by atoms with E-state index in [0.717, 1.165) is 38.4 Å². The second-order valence-electron chi connectivity index (χ2n) is 4.87. The van der Waals surface area contributed by atoms with E-state index in [1.165, 1.54) is 25.7 Å². The third kappa shape index (κ3) is 7.77. The Morgan fingerprint density at radius 2 is 1.53 bits per heavy atom. The lowest BCUT2D eigenvalue weighted by molar-refractivity contribution is 0.0852. The molecule has 1 saturated heterocycles. The molecule has 2 heteroatoms. The minimum atomic E-state index is -0.0206. The van der Waals surface area contributed by atoms with Crippen LogP contribution in [-0.4, -0.2) is 35.7 Å². The number of nitrogens with zero attached hydrogens (tertiary/aromatic N) is 1. The van der Waals surface area contributed by atoms with Crippen LogP contribution in [0.2, 0.25) is 0 Å². The topological polar surface area (TPSA) is 23.5 Å². The molecule has 1 N–H and O–H groups in total. The molecule has 0 unspecified atom stereocenters. The maximum Gasteiger partial charge on any atom is 0.0564 e. The molecule has 0 aromatic carbocycles. The van der Waals surface area contributed by atoms with Gasteiger partial charge in [-0.3, -0.25) is 0 Å². The number of aliphatic hydroxyl groups is 1. The van der Waals surface area contributed by atoms with Crippen LogP contribution in [0.25, 0.3) is 0 Å². The van der Waals surface area contributed by atoms with E-state index in [1.807, 2.05) is 13.8 Å². The van der Waals surface area contributed by atoms with Gasteiger partial charge in [0.15, 0.2) is 0 Å². The fourth-order valence-electron chi connectivity index (χ4n) is 2.14. The molecule has 0 radical (unpaired) electrons. The number of likely N-dealkylation sites (tertiary alicyclic amines) is 1. The predicted molar refractivity (Wildman–Crippen MR) is 76.3 cm³/mol. The van der Waals surface area contributed by atoms with Crippen LogP contribution in [0.5, 0.6) is 0 Å². The summed E-state index contributed by atoms with van der Waals surface area (Å²) in [5.41, 5.74) is 0. The van der Waals surface area contributed by atoms with Gasteiger partial charge in [-0.15, -0.1) is 0 Å². The molecule has 2 nitrogen and oxygen atoms in total. The molecule has 1 aliphatic heterocycles. The van der Waals surface area contributed by atoms with Crippen LogP contribution in [-0.2, 0) is 0 Å². The lowest BCUT2D eigenvalue weighted by atomic mass is 9.84. The summed E-state index contributed by atoms with van der Waals surface area (Å²) < 4.78 is 0. The van der Waals surface area contributed by atoms with Gasteiger partial charge >= 0.3 is 0 Å². The highest BCUT2D eigenvalue weighted by Crippen LogP contribution is 2.28. The highest BCUT2D eigenvalue weighted by Gasteiger charge is 2.14. The summed E-state index contributed by atoms with van der Waals surface area (Å²) in [7, 11) is 0. The maximum absolute atomic E-state index is 9.10. The molecule has 17 heavy (non-hydrogen) atoms. The molecule has 2 rings (SSSR count). The zero-order valence-electron chi connectivity index (χ0n) is 12.4. The standard InChI is InChI=1S/C7H15NO.C6H12.C2H6/c1-2-8-5-3-7(9)4-6-8;1-2-6-4-3-5-6;1-2/h7,9H,2-6H2,1H3;6H,2-5H2,1H3;1-2H3. The van der Waals surface area contributed by atoms with Crippen LogP contribution < -0.4 is 0 Å². The number of rotatable bonds is 2. The lowest BCUT2D eigenvalue weighted by Gasteiger charge is -2.27. The smallest absolute Gasteiger partial charge is 0.0564 e. The Bertz CT molecular complexity index is 146. The largest absolute Gasteiger partial charge is 0.393 e. The van der Waals surface area contributed by atoms with Crippen molar-refractivity contribution in [2.45, 2.75) is 72.3 Å². The molecule has 0 atom stereocenters.